The van der Waals surface area contributed by atoms with Crippen LogP contribution in [0.1, 0.15) is 110 Å². The van der Waals surface area contributed by atoms with Crippen molar-refractivity contribution in [1.82, 2.24) is 4.40 Å². The highest BCUT2D eigenvalue weighted by molar-refractivity contribution is 7.16. The van der Waals surface area contributed by atoms with Crippen molar-refractivity contribution in [2.24, 2.45) is 0 Å². The van der Waals surface area contributed by atoms with Crippen LogP contribution in [0.15, 0.2) is 115 Å². The zero-order valence-corrected chi connectivity index (χ0v) is 30.7. The number of nitriles is 1. The predicted molar refractivity (Wildman–Crippen MR) is 213 cm³/mol. The molecule has 0 saturated heterocycles. The zero-order chi connectivity index (χ0) is 34.5. The monoisotopic (exact) mass is 672 g/mol. The van der Waals surface area contributed by atoms with Crippen molar-refractivity contribution in [3.63, 3.8) is 0 Å². The number of nitrogens with zero attached hydrogens (tertiary/aromatic N) is 2. The van der Waals surface area contributed by atoms with E-state index in [1.165, 1.54) is 112 Å². The summed E-state index contributed by atoms with van der Waals surface area (Å²) in [6, 6.07) is 41.9. The molecule has 0 atom stereocenters. The van der Waals surface area contributed by atoms with Gasteiger partial charge in [0.25, 0.3) is 0 Å². The van der Waals surface area contributed by atoms with Crippen molar-refractivity contribution in [3.05, 3.63) is 153 Å². The van der Waals surface area contributed by atoms with E-state index in [9.17, 15) is 5.26 Å². The Hall–Kier alpha value is -4.65. The first-order valence-corrected chi connectivity index (χ1v) is 19.5. The highest BCUT2D eigenvalue weighted by Gasteiger charge is 2.48. The van der Waals surface area contributed by atoms with Crippen molar-refractivity contribution in [3.8, 4) is 27.8 Å². The maximum absolute atomic E-state index is 9.39. The lowest BCUT2D eigenvalue weighted by Crippen LogP contribution is -2.28. The molecule has 3 aromatic heterocycles. The molecule has 252 valence electrons. The van der Waals surface area contributed by atoms with Gasteiger partial charge in [0.05, 0.1) is 17.2 Å². The minimum absolute atomic E-state index is 0.467. The van der Waals surface area contributed by atoms with Crippen LogP contribution in [0.5, 0.6) is 0 Å². The van der Waals surface area contributed by atoms with Crippen molar-refractivity contribution in [2.45, 2.75) is 90.4 Å². The van der Waals surface area contributed by atoms with Gasteiger partial charge < -0.3 is 4.40 Å². The molecule has 0 amide bonds. The largest absolute Gasteiger partial charge is 0.316 e. The molecule has 0 fully saturated rings. The SMILES string of the molecule is CCCCCCc1ccc(C2(c3ccc(CCCCCC)cc3)c3cc(-c4ccc(/C=C(/C)C#N)s4)ccc3-c3c2cc2ccccn32)cc1. The lowest BCUT2D eigenvalue weighted by atomic mass is 9.67. The average molecular weight is 673 g/mol. The van der Waals surface area contributed by atoms with Gasteiger partial charge in [0.15, 0.2) is 0 Å². The average Bonchev–Trinajstić information content (AvgIpc) is 3.85. The van der Waals surface area contributed by atoms with Crippen molar-refractivity contribution in [2.75, 3.05) is 0 Å². The Morgan fingerprint density at radius 2 is 1.38 bits per heavy atom. The number of hydrogen-bond acceptors (Lipinski definition) is 2. The summed E-state index contributed by atoms with van der Waals surface area (Å²) in [5.41, 5.74) is 13.4. The van der Waals surface area contributed by atoms with E-state index in [0.717, 1.165) is 23.3 Å². The Balaban J connectivity index is 1.41. The highest BCUT2D eigenvalue weighted by atomic mass is 32.1. The number of fused-ring (bicyclic) bond motifs is 5. The van der Waals surface area contributed by atoms with E-state index < -0.39 is 5.41 Å². The van der Waals surface area contributed by atoms with Crippen LogP contribution in [0.25, 0.3) is 33.3 Å². The lowest BCUT2D eigenvalue weighted by Gasteiger charge is -2.33. The van der Waals surface area contributed by atoms with Crippen LogP contribution in [0.3, 0.4) is 0 Å². The van der Waals surface area contributed by atoms with Crippen LogP contribution in [0.2, 0.25) is 0 Å². The Labute approximate surface area is 302 Å². The molecule has 0 radical (unpaired) electrons. The second kappa shape index (κ2) is 15.1. The molecule has 50 heavy (non-hydrogen) atoms. The first-order valence-electron chi connectivity index (χ1n) is 18.7. The van der Waals surface area contributed by atoms with Gasteiger partial charge in [-0.15, -0.1) is 11.3 Å². The number of pyridine rings is 1. The molecule has 1 aliphatic rings. The number of rotatable bonds is 14. The molecule has 3 aromatic carbocycles. The van der Waals surface area contributed by atoms with Crippen LogP contribution in [-0.4, -0.2) is 4.40 Å². The topological polar surface area (TPSA) is 28.2 Å². The minimum Gasteiger partial charge on any atom is -0.316 e. The predicted octanol–water partition coefficient (Wildman–Crippen LogP) is 13.2. The number of benzene rings is 3. The molecule has 0 bridgehead atoms. The quantitative estimate of drug-likeness (QED) is 0.0835. The fourth-order valence-corrected chi connectivity index (χ4v) is 9.02. The Bertz CT molecular complexity index is 2090. The first-order chi connectivity index (χ1) is 24.6. The Kier molecular flexibility index (Phi) is 10.2. The van der Waals surface area contributed by atoms with Crippen LogP contribution in [-0.2, 0) is 18.3 Å². The van der Waals surface area contributed by atoms with E-state index >= 15 is 0 Å². The number of aromatic nitrogens is 1. The Morgan fingerprint density at radius 1 is 0.720 bits per heavy atom. The van der Waals surface area contributed by atoms with Crippen molar-refractivity contribution in [1.29, 1.82) is 5.26 Å². The number of thiophene rings is 1. The Morgan fingerprint density at radius 3 is 2.00 bits per heavy atom. The molecule has 3 heteroatoms. The summed E-state index contributed by atoms with van der Waals surface area (Å²) < 4.78 is 2.39. The summed E-state index contributed by atoms with van der Waals surface area (Å²) in [5, 5.41) is 9.39. The van der Waals surface area contributed by atoms with Gasteiger partial charge in [-0.1, -0.05) is 119 Å². The van der Waals surface area contributed by atoms with Gasteiger partial charge in [-0.3, -0.25) is 0 Å². The third-order valence-electron chi connectivity index (χ3n) is 10.6. The molecule has 0 spiro atoms. The van der Waals surface area contributed by atoms with Gasteiger partial charge in [-0.2, -0.15) is 5.26 Å². The summed E-state index contributed by atoms with van der Waals surface area (Å²) in [6.07, 6.45) is 16.7. The van der Waals surface area contributed by atoms with Gasteiger partial charge in [0, 0.05) is 32.6 Å². The van der Waals surface area contributed by atoms with Gasteiger partial charge in [-0.05, 0) is 114 Å². The maximum Gasteiger partial charge on any atom is 0.0944 e. The highest BCUT2D eigenvalue weighted by Crippen LogP contribution is 2.58. The number of hydrogen-bond donors (Lipinski definition) is 0. The van der Waals surface area contributed by atoms with Gasteiger partial charge >= 0.3 is 0 Å². The fourth-order valence-electron chi connectivity index (χ4n) is 8.02. The second-order valence-electron chi connectivity index (χ2n) is 14.1. The van der Waals surface area contributed by atoms with Gasteiger partial charge in [0.2, 0.25) is 0 Å². The van der Waals surface area contributed by atoms with E-state index in [1.54, 1.807) is 11.3 Å². The van der Waals surface area contributed by atoms with E-state index in [0.29, 0.717) is 0 Å². The molecule has 0 saturated carbocycles. The van der Waals surface area contributed by atoms with Gasteiger partial charge in [-0.25, -0.2) is 0 Å². The number of allylic oxidation sites excluding steroid dienone is 1. The fraction of sp³-hybridized carbons (Fsp3) is 0.298. The van der Waals surface area contributed by atoms with E-state index in [4.69, 9.17) is 0 Å². The summed E-state index contributed by atoms with van der Waals surface area (Å²) >= 11 is 1.75. The minimum atomic E-state index is -0.467. The smallest absolute Gasteiger partial charge is 0.0944 e. The summed E-state index contributed by atoms with van der Waals surface area (Å²) in [6.45, 7) is 6.43. The molecular weight excluding hydrogens is 625 g/mol. The maximum atomic E-state index is 9.39. The molecule has 6 aromatic rings. The van der Waals surface area contributed by atoms with E-state index in [-0.39, 0.29) is 0 Å². The van der Waals surface area contributed by atoms with Crippen molar-refractivity contribution >= 4 is 22.9 Å². The van der Waals surface area contributed by atoms with Crippen LogP contribution >= 0.6 is 11.3 Å². The molecule has 0 aliphatic heterocycles. The van der Waals surface area contributed by atoms with Gasteiger partial charge in [0.1, 0.15) is 0 Å². The molecule has 3 heterocycles. The summed E-state index contributed by atoms with van der Waals surface area (Å²) in [5.74, 6) is 0. The van der Waals surface area contributed by atoms with E-state index in [2.05, 4.69) is 134 Å². The summed E-state index contributed by atoms with van der Waals surface area (Å²) in [4.78, 5) is 2.32. The lowest BCUT2D eigenvalue weighted by molar-refractivity contribution is 0.666. The van der Waals surface area contributed by atoms with Crippen molar-refractivity contribution < 1.29 is 0 Å². The van der Waals surface area contributed by atoms with E-state index in [1.807, 2.05) is 13.0 Å². The standard InChI is InChI=1S/C47H48N2S/c1-4-6-8-10-14-35-17-22-38(23-18-35)47(39-24-19-36(20-25-39)15-11-9-7-5-2)43-31-37(45-28-26-41(50-45)30-34(3)33-48)21-27-42(43)46-44(47)32-40-16-12-13-29-49(40)46/h12-13,16-32H,4-11,14-15H2,1-3H3/b34-30-. The molecule has 0 N–H and O–H groups in total. The molecule has 2 nitrogen and oxygen atoms in total. The van der Waals surface area contributed by atoms with Crippen LogP contribution in [0, 0.1) is 11.3 Å². The zero-order valence-electron chi connectivity index (χ0n) is 29.8. The second-order valence-corrected chi connectivity index (χ2v) is 15.2. The normalized spacial score (nSPS) is 13.4. The van der Waals surface area contributed by atoms with Crippen LogP contribution < -0.4 is 0 Å². The number of unbranched alkanes of at least 4 members (excludes halogenated alkanes) is 6. The molecular formula is C47H48N2S. The molecule has 1 aliphatic carbocycles. The van der Waals surface area contributed by atoms with Crippen LogP contribution in [0.4, 0.5) is 0 Å². The number of aryl methyl sites for hydroxylation is 2. The third-order valence-corrected chi connectivity index (χ3v) is 11.7. The third kappa shape index (κ3) is 6.38. The summed E-state index contributed by atoms with van der Waals surface area (Å²) in [7, 11) is 0. The molecule has 7 rings (SSSR count). The first kappa shape index (κ1) is 33.8. The molecule has 0 unspecified atom stereocenters.